The molecule has 4 nitrogen and oxygen atoms in total. The molecule has 1 amide bonds. The van der Waals surface area contributed by atoms with Crippen molar-refractivity contribution >= 4 is 34.4 Å². The summed E-state index contributed by atoms with van der Waals surface area (Å²) in [5.41, 5.74) is 5.14. The van der Waals surface area contributed by atoms with Crippen molar-refractivity contribution < 1.29 is 13.9 Å². The molecule has 0 aliphatic heterocycles. The van der Waals surface area contributed by atoms with Crippen molar-refractivity contribution in [3.05, 3.63) is 60.7 Å². The molecule has 7 heteroatoms. The third kappa shape index (κ3) is 5.50. The summed E-state index contributed by atoms with van der Waals surface area (Å²) in [6.45, 7) is 0. The highest BCUT2D eigenvalue weighted by Gasteiger charge is 2.28. The third-order valence-electron chi connectivity index (χ3n) is 2.29. The predicted molar refractivity (Wildman–Crippen MR) is 88.6 cm³/mol. The van der Waals surface area contributed by atoms with Crippen LogP contribution in [-0.2, 0) is 9.36 Å². The monoisotopic (exact) mass is 339 g/mol. The molecule has 2 aromatic rings. The fraction of sp³-hybridized carbons (Fsp3) is 0.0714. The third-order valence-corrected chi connectivity index (χ3v) is 8.86. The van der Waals surface area contributed by atoms with Crippen LogP contribution < -0.4 is 10.3 Å². The average Bonchev–Trinajstić information content (AvgIpc) is 2.47. The number of rotatable bonds is 7. The van der Waals surface area contributed by atoms with Crippen molar-refractivity contribution in [2.24, 2.45) is 5.73 Å². The summed E-state index contributed by atoms with van der Waals surface area (Å²) in [6, 6.07) is 18.2. The van der Waals surface area contributed by atoms with E-state index < -0.39 is 11.7 Å². The summed E-state index contributed by atoms with van der Waals surface area (Å²) < 4.78 is 18.6. The molecule has 21 heavy (non-hydrogen) atoms. The molecule has 110 valence electrons. The lowest BCUT2D eigenvalue weighted by atomic mass is 10.3. The van der Waals surface area contributed by atoms with Gasteiger partial charge in [-0.15, -0.1) is 0 Å². The molecular weight excluding hydrogens is 325 g/mol. The zero-order chi connectivity index (χ0) is 15.1. The van der Waals surface area contributed by atoms with Crippen molar-refractivity contribution in [2.75, 3.05) is 5.75 Å². The van der Waals surface area contributed by atoms with Crippen LogP contribution in [0.4, 0.5) is 0 Å². The van der Waals surface area contributed by atoms with E-state index >= 15 is 0 Å². The second kappa shape index (κ2) is 7.59. The SMILES string of the molecule is NC(=O)CSP(=O)(Oc1ccccc1)Sc1ccccc1. The van der Waals surface area contributed by atoms with E-state index in [2.05, 4.69) is 0 Å². The number of carbonyl (C=O) groups is 1. The Morgan fingerprint density at radius 2 is 1.62 bits per heavy atom. The van der Waals surface area contributed by atoms with Crippen molar-refractivity contribution in [3.8, 4) is 5.75 Å². The molecule has 0 fully saturated rings. The molecule has 0 saturated heterocycles. The number of nitrogens with two attached hydrogens (primary N) is 1. The van der Waals surface area contributed by atoms with Crippen LogP contribution in [0.25, 0.3) is 0 Å². The van der Waals surface area contributed by atoms with E-state index in [0.29, 0.717) is 5.75 Å². The van der Waals surface area contributed by atoms with Gasteiger partial charge in [-0.3, -0.25) is 9.36 Å². The lowest BCUT2D eigenvalue weighted by Gasteiger charge is -2.17. The zero-order valence-electron chi connectivity index (χ0n) is 11.0. The summed E-state index contributed by atoms with van der Waals surface area (Å²) in [7, 11) is 0. The number of benzene rings is 2. The minimum atomic E-state index is -3.18. The molecule has 2 aromatic carbocycles. The highest BCUT2D eigenvalue weighted by atomic mass is 33.1. The van der Waals surface area contributed by atoms with Crippen molar-refractivity contribution in [2.45, 2.75) is 4.90 Å². The van der Waals surface area contributed by atoms with Crippen LogP contribution in [0.2, 0.25) is 0 Å². The molecule has 0 bridgehead atoms. The van der Waals surface area contributed by atoms with Crippen molar-refractivity contribution in [1.29, 1.82) is 0 Å². The standard InChI is InChI=1S/C14H14NO3PS2/c15-14(16)11-20-19(17,18-12-7-3-1-4-8-12)21-13-9-5-2-6-10-13/h1-10H,11H2,(H2,15,16). The molecule has 0 spiro atoms. The van der Waals surface area contributed by atoms with Crippen LogP contribution in [-0.4, -0.2) is 11.7 Å². The van der Waals surface area contributed by atoms with E-state index in [4.69, 9.17) is 10.3 Å². The van der Waals surface area contributed by atoms with E-state index in [0.717, 1.165) is 27.7 Å². The van der Waals surface area contributed by atoms with Gasteiger partial charge in [-0.2, -0.15) is 0 Å². The van der Waals surface area contributed by atoms with Crippen molar-refractivity contribution in [3.63, 3.8) is 0 Å². The molecule has 0 radical (unpaired) electrons. The van der Waals surface area contributed by atoms with Gasteiger partial charge >= 0.3 is 5.77 Å². The number of hydrogen-bond donors (Lipinski definition) is 1. The van der Waals surface area contributed by atoms with Crippen molar-refractivity contribution in [1.82, 2.24) is 0 Å². The van der Waals surface area contributed by atoms with E-state index in [9.17, 15) is 9.36 Å². The Bertz CT molecular complexity index is 592. The van der Waals surface area contributed by atoms with Gasteiger partial charge in [-0.25, -0.2) is 0 Å². The Hall–Kier alpha value is -1.36. The normalized spacial score (nSPS) is 13.3. The maximum atomic E-state index is 13.0. The first-order chi connectivity index (χ1) is 10.1. The summed E-state index contributed by atoms with van der Waals surface area (Å²) in [5, 5.41) is 0. The second-order valence-electron chi connectivity index (χ2n) is 4.00. The minimum Gasteiger partial charge on any atom is -0.429 e. The molecule has 0 aromatic heterocycles. The highest BCUT2D eigenvalue weighted by molar-refractivity contribution is 8.89. The van der Waals surface area contributed by atoms with Gasteiger partial charge in [-0.05, 0) is 47.0 Å². The van der Waals surface area contributed by atoms with Crippen LogP contribution in [0.1, 0.15) is 0 Å². The molecule has 1 atom stereocenters. The van der Waals surface area contributed by atoms with E-state index in [1.807, 2.05) is 36.4 Å². The lowest BCUT2D eigenvalue weighted by Crippen LogP contribution is -2.13. The molecule has 1 unspecified atom stereocenters. The maximum absolute atomic E-state index is 13.0. The smallest absolute Gasteiger partial charge is 0.364 e. The Kier molecular flexibility index (Phi) is 5.79. The van der Waals surface area contributed by atoms with Crippen LogP contribution in [0, 0.1) is 0 Å². The summed E-state index contributed by atoms with van der Waals surface area (Å²) in [5.74, 6) is -3.26. The van der Waals surface area contributed by atoms with Gasteiger partial charge in [0.1, 0.15) is 5.75 Å². The molecule has 2 rings (SSSR count). The van der Waals surface area contributed by atoms with Gasteiger partial charge in [0.05, 0.1) is 5.75 Å². The van der Waals surface area contributed by atoms with Gasteiger partial charge in [0.25, 0.3) is 0 Å². The number of primary amides is 1. The fourth-order valence-corrected chi connectivity index (χ4v) is 7.44. The van der Waals surface area contributed by atoms with Crippen LogP contribution >= 0.6 is 28.5 Å². The van der Waals surface area contributed by atoms with Crippen LogP contribution in [0.3, 0.4) is 0 Å². The molecule has 0 aliphatic carbocycles. The van der Waals surface area contributed by atoms with Gasteiger partial charge < -0.3 is 10.3 Å². The molecule has 0 saturated carbocycles. The highest BCUT2D eigenvalue weighted by Crippen LogP contribution is 2.71. The topological polar surface area (TPSA) is 69.4 Å². The van der Waals surface area contributed by atoms with Gasteiger partial charge in [0, 0.05) is 4.90 Å². The van der Waals surface area contributed by atoms with Crippen LogP contribution in [0.5, 0.6) is 5.75 Å². The minimum absolute atomic E-state index is 0.0516. The largest absolute Gasteiger partial charge is 0.429 e. The summed E-state index contributed by atoms with van der Waals surface area (Å²) in [4.78, 5) is 11.8. The first kappa shape index (κ1) is 16.0. The first-order valence-corrected chi connectivity index (χ1v) is 10.7. The van der Waals surface area contributed by atoms with Gasteiger partial charge in [0.2, 0.25) is 5.91 Å². The Balaban J connectivity index is 2.17. The summed E-state index contributed by atoms with van der Waals surface area (Å²) in [6.07, 6.45) is 0. The summed E-state index contributed by atoms with van der Waals surface area (Å²) >= 11 is 2.06. The zero-order valence-corrected chi connectivity index (χ0v) is 13.6. The number of para-hydroxylation sites is 1. The molecule has 0 aliphatic rings. The van der Waals surface area contributed by atoms with Gasteiger partial charge in [0.15, 0.2) is 0 Å². The predicted octanol–water partition coefficient (Wildman–Crippen LogP) is 4.18. The molecular formula is C14H14NO3PS2. The quantitative estimate of drug-likeness (QED) is 0.766. The number of carbonyl (C=O) groups excluding carboxylic acids is 1. The number of hydrogen-bond acceptors (Lipinski definition) is 5. The lowest BCUT2D eigenvalue weighted by molar-refractivity contribution is -0.115. The van der Waals surface area contributed by atoms with E-state index in [1.165, 1.54) is 0 Å². The maximum Gasteiger partial charge on any atom is 0.364 e. The molecule has 0 heterocycles. The molecule has 2 N–H and O–H groups in total. The van der Waals surface area contributed by atoms with E-state index in [1.54, 1.807) is 24.3 Å². The Morgan fingerprint density at radius 1 is 1.05 bits per heavy atom. The Morgan fingerprint density at radius 3 is 2.19 bits per heavy atom. The van der Waals surface area contributed by atoms with E-state index in [-0.39, 0.29) is 5.75 Å². The number of amides is 1. The first-order valence-electron chi connectivity index (χ1n) is 6.09. The van der Waals surface area contributed by atoms with Gasteiger partial charge in [-0.1, -0.05) is 36.4 Å². The van der Waals surface area contributed by atoms with Crippen LogP contribution in [0.15, 0.2) is 65.6 Å². The second-order valence-corrected chi connectivity index (χ2v) is 11.2. The average molecular weight is 339 g/mol. The fourth-order valence-electron chi connectivity index (χ4n) is 1.43. The Labute approximate surface area is 131 Å².